The quantitative estimate of drug-likeness (QED) is 0.638. The Hall–Kier alpha value is -0.120. The molecular weight excluding hydrogens is 212 g/mol. The van der Waals surface area contributed by atoms with Crippen LogP contribution in [0.2, 0.25) is 0 Å². The van der Waals surface area contributed by atoms with Crippen molar-refractivity contribution in [1.29, 1.82) is 0 Å². The molecule has 0 saturated carbocycles. The van der Waals surface area contributed by atoms with Crippen LogP contribution in [0.1, 0.15) is 40.5 Å². The lowest BCUT2D eigenvalue weighted by molar-refractivity contribution is 0.0679. The minimum Gasteiger partial charge on any atom is -0.383 e. The van der Waals surface area contributed by atoms with Crippen molar-refractivity contribution in [3.63, 3.8) is 0 Å². The maximum atomic E-state index is 5.26. The summed E-state index contributed by atoms with van der Waals surface area (Å²) in [6, 6.07) is 0.498. The summed E-state index contributed by atoms with van der Waals surface area (Å²) in [4.78, 5) is 2.52. The first kappa shape index (κ1) is 16.9. The molecule has 0 aromatic rings. The summed E-state index contributed by atoms with van der Waals surface area (Å²) in [6.07, 6.45) is 2.51. The molecule has 0 heterocycles. The lowest BCUT2D eigenvalue weighted by Crippen LogP contribution is -2.46. The van der Waals surface area contributed by atoms with Gasteiger partial charge in [0, 0.05) is 26.2 Å². The van der Waals surface area contributed by atoms with Crippen LogP contribution in [0.5, 0.6) is 0 Å². The lowest BCUT2D eigenvalue weighted by Gasteiger charge is -2.38. The molecule has 2 unspecified atom stereocenters. The summed E-state index contributed by atoms with van der Waals surface area (Å²) in [5, 5.41) is 3.34. The maximum absolute atomic E-state index is 5.26. The Balaban J connectivity index is 4.46. The molecule has 0 rings (SSSR count). The highest BCUT2D eigenvalue weighted by Gasteiger charge is 2.27. The summed E-state index contributed by atoms with van der Waals surface area (Å²) < 4.78 is 5.26. The molecular formula is C14H32N2O. The van der Waals surface area contributed by atoms with E-state index < -0.39 is 0 Å². The molecule has 1 N–H and O–H groups in total. The van der Waals surface area contributed by atoms with Crippen LogP contribution in [-0.4, -0.2) is 51.3 Å². The molecule has 0 spiro atoms. The van der Waals surface area contributed by atoms with Gasteiger partial charge in [-0.2, -0.15) is 0 Å². The van der Waals surface area contributed by atoms with Gasteiger partial charge in [-0.1, -0.05) is 27.2 Å². The molecule has 0 fully saturated rings. The first-order valence-corrected chi connectivity index (χ1v) is 6.90. The second-order valence-electron chi connectivity index (χ2n) is 5.46. The third kappa shape index (κ3) is 6.39. The minimum absolute atomic E-state index is 0.363. The molecule has 0 saturated heterocycles. The molecule has 17 heavy (non-hydrogen) atoms. The number of nitrogens with one attached hydrogen (secondary N) is 1. The van der Waals surface area contributed by atoms with Crippen LogP contribution in [-0.2, 0) is 4.74 Å². The van der Waals surface area contributed by atoms with Crippen LogP contribution in [0.15, 0.2) is 0 Å². The fraction of sp³-hybridized carbons (Fsp3) is 1.00. The van der Waals surface area contributed by atoms with E-state index in [1.165, 1.54) is 12.8 Å². The van der Waals surface area contributed by atoms with Crippen molar-refractivity contribution in [3.05, 3.63) is 0 Å². The van der Waals surface area contributed by atoms with E-state index in [9.17, 15) is 0 Å². The Morgan fingerprint density at radius 2 is 2.00 bits per heavy atom. The Morgan fingerprint density at radius 1 is 1.35 bits per heavy atom. The van der Waals surface area contributed by atoms with Gasteiger partial charge in [0.25, 0.3) is 0 Å². The van der Waals surface area contributed by atoms with E-state index in [0.717, 1.165) is 26.2 Å². The van der Waals surface area contributed by atoms with E-state index in [0.29, 0.717) is 11.5 Å². The van der Waals surface area contributed by atoms with E-state index in [1.807, 2.05) is 7.05 Å². The van der Waals surface area contributed by atoms with Crippen LogP contribution in [0.25, 0.3) is 0 Å². The smallest absolute Gasteiger partial charge is 0.0615 e. The van der Waals surface area contributed by atoms with Crippen molar-refractivity contribution in [3.8, 4) is 0 Å². The number of hydrogen-bond donors (Lipinski definition) is 1. The van der Waals surface area contributed by atoms with Crippen molar-refractivity contribution in [2.24, 2.45) is 5.41 Å². The van der Waals surface area contributed by atoms with E-state index in [2.05, 4.69) is 37.9 Å². The highest BCUT2D eigenvalue weighted by atomic mass is 16.5. The second kappa shape index (κ2) is 8.90. The van der Waals surface area contributed by atoms with Gasteiger partial charge in [-0.3, -0.25) is 4.90 Å². The molecule has 0 amide bonds. The highest BCUT2D eigenvalue weighted by Crippen LogP contribution is 2.24. The summed E-state index contributed by atoms with van der Waals surface area (Å²) in [7, 11) is 3.83. The number of nitrogens with zero attached hydrogens (tertiary/aromatic N) is 1. The first-order valence-electron chi connectivity index (χ1n) is 6.90. The normalized spacial score (nSPS) is 17.1. The summed E-state index contributed by atoms with van der Waals surface area (Å²) in [5.41, 5.74) is 0.363. The molecule has 3 nitrogen and oxygen atoms in total. The van der Waals surface area contributed by atoms with Gasteiger partial charge in [0.15, 0.2) is 0 Å². The zero-order chi connectivity index (χ0) is 13.3. The van der Waals surface area contributed by atoms with Crippen LogP contribution >= 0.6 is 0 Å². The van der Waals surface area contributed by atoms with Gasteiger partial charge in [0.2, 0.25) is 0 Å². The van der Waals surface area contributed by atoms with Crippen molar-refractivity contribution in [1.82, 2.24) is 10.2 Å². The van der Waals surface area contributed by atoms with Gasteiger partial charge in [0.1, 0.15) is 0 Å². The lowest BCUT2D eigenvalue weighted by atomic mass is 9.84. The molecule has 2 atom stereocenters. The molecule has 0 aliphatic carbocycles. The molecule has 0 bridgehead atoms. The van der Waals surface area contributed by atoms with Gasteiger partial charge in [-0.15, -0.1) is 0 Å². The predicted molar refractivity (Wildman–Crippen MR) is 75.5 cm³/mol. The number of rotatable bonds is 10. The van der Waals surface area contributed by atoms with Crippen LogP contribution in [0.4, 0.5) is 0 Å². The number of likely N-dealkylation sites (N-methyl/N-ethyl adjacent to an activating group) is 1. The monoisotopic (exact) mass is 244 g/mol. The third-order valence-electron chi connectivity index (χ3n) is 3.48. The second-order valence-corrected chi connectivity index (χ2v) is 5.46. The van der Waals surface area contributed by atoms with Crippen molar-refractivity contribution in [2.75, 3.05) is 40.4 Å². The minimum atomic E-state index is 0.363. The van der Waals surface area contributed by atoms with Crippen LogP contribution in [0, 0.1) is 5.41 Å². The molecule has 3 heteroatoms. The SMILES string of the molecule is CCCC(C)(CNC)CN(CC)C(C)COC. The molecule has 104 valence electrons. The number of hydrogen-bond acceptors (Lipinski definition) is 3. The van der Waals surface area contributed by atoms with E-state index in [4.69, 9.17) is 4.74 Å². The van der Waals surface area contributed by atoms with Gasteiger partial charge in [-0.25, -0.2) is 0 Å². The predicted octanol–water partition coefficient (Wildman–Crippen LogP) is 2.37. The van der Waals surface area contributed by atoms with E-state index >= 15 is 0 Å². The molecule has 0 aliphatic heterocycles. The van der Waals surface area contributed by atoms with Crippen LogP contribution < -0.4 is 5.32 Å². The topological polar surface area (TPSA) is 24.5 Å². The Kier molecular flexibility index (Phi) is 8.83. The van der Waals surface area contributed by atoms with Crippen LogP contribution in [0.3, 0.4) is 0 Å². The molecule has 0 aliphatic rings. The summed E-state index contributed by atoms with van der Waals surface area (Å²) >= 11 is 0. The third-order valence-corrected chi connectivity index (χ3v) is 3.48. The average molecular weight is 244 g/mol. The summed E-state index contributed by atoms with van der Waals surface area (Å²) in [5.74, 6) is 0. The average Bonchev–Trinajstić information content (AvgIpc) is 2.27. The number of methoxy groups -OCH3 is 1. The van der Waals surface area contributed by atoms with Crippen molar-refractivity contribution >= 4 is 0 Å². The van der Waals surface area contributed by atoms with Gasteiger partial charge in [0.05, 0.1) is 6.61 Å². The Morgan fingerprint density at radius 3 is 2.41 bits per heavy atom. The van der Waals surface area contributed by atoms with Gasteiger partial charge < -0.3 is 10.1 Å². The fourth-order valence-electron chi connectivity index (χ4n) is 2.67. The Bertz CT molecular complexity index is 179. The zero-order valence-corrected chi connectivity index (χ0v) is 12.7. The van der Waals surface area contributed by atoms with Crippen molar-refractivity contribution < 1.29 is 4.74 Å². The summed E-state index contributed by atoms with van der Waals surface area (Å²) in [6.45, 7) is 13.3. The fourth-order valence-corrected chi connectivity index (χ4v) is 2.67. The Labute approximate surface area is 108 Å². The van der Waals surface area contributed by atoms with E-state index in [-0.39, 0.29) is 0 Å². The van der Waals surface area contributed by atoms with Gasteiger partial charge >= 0.3 is 0 Å². The standard InChI is InChI=1S/C14H32N2O/c1-7-9-14(4,11-15-5)12-16(8-2)13(3)10-17-6/h13,15H,7-12H2,1-6H3. The zero-order valence-electron chi connectivity index (χ0n) is 12.7. The molecule has 0 aromatic carbocycles. The van der Waals surface area contributed by atoms with Gasteiger partial charge in [-0.05, 0) is 32.4 Å². The largest absolute Gasteiger partial charge is 0.383 e. The molecule has 0 aromatic heterocycles. The van der Waals surface area contributed by atoms with Crippen molar-refractivity contribution in [2.45, 2.75) is 46.6 Å². The highest BCUT2D eigenvalue weighted by molar-refractivity contribution is 4.81. The van der Waals surface area contributed by atoms with E-state index in [1.54, 1.807) is 7.11 Å². The first-order chi connectivity index (χ1) is 8.02. The number of ether oxygens (including phenoxy) is 1. The molecule has 0 radical (unpaired) electrons. The maximum Gasteiger partial charge on any atom is 0.0615 e.